The molecule has 150 valence electrons. The van der Waals surface area contributed by atoms with Gasteiger partial charge in [0.25, 0.3) is 5.91 Å². The summed E-state index contributed by atoms with van der Waals surface area (Å²) in [6.45, 7) is 5.39. The lowest BCUT2D eigenvalue weighted by molar-refractivity contribution is -0.119. The Morgan fingerprint density at radius 1 is 0.821 bits per heavy atom. The summed E-state index contributed by atoms with van der Waals surface area (Å²) in [6.07, 6.45) is 0. The minimum absolute atomic E-state index is 0.135. The van der Waals surface area contributed by atoms with Crippen LogP contribution in [0.4, 0.5) is 5.69 Å². The fourth-order valence-corrected chi connectivity index (χ4v) is 2.95. The number of methoxy groups -OCH3 is 3. The molecule has 0 aromatic heterocycles. The Morgan fingerprint density at radius 2 is 1.36 bits per heavy atom. The quantitative estimate of drug-likeness (QED) is 0.733. The Bertz CT molecular complexity index is 868. The number of anilines is 1. The van der Waals surface area contributed by atoms with Gasteiger partial charge in [-0.15, -0.1) is 0 Å². The van der Waals surface area contributed by atoms with Crippen molar-refractivity contribution in [3.05, 3.63) is 46.5 Å². The minimum atomic E-state index is -0.703. The monoisotopic (exact) mass is 387 g/mol. The normalized spacial score (nSPS) is 10.2. The number of aryl methyl sites for hydroxylation is 3. The molecule has 1 amide bonds. The van der Waals surface area contributed by atoms with E-state index in [9.17, 15) is 9.59 Å². The fourth-order valence-electron chi connectivity index (χ4n) is 2.95. The molecular weight excluding hydrogens is 362 g/mol. The number of amides is 1. The average Bonchev–Trinajstić information content (AvgIpc) is 2.67. The third-order valence-corrected chi connectivity index (χ3v) is 4.20. The molecule has 2 aromatic rings. The average molecular weight is 387 g/mol. The number of carbonyl (C=O) groups excluding carboxylic acids is 2. The van der Waals surface area contributed by atoms with Crippen LogP contribution in [0.3, 0.4) is 0 Å². The molecule has 0 aliphatic rings. The Morgan fingerprint density at radius 3 is 1.89 bits per heavy atom. The summed E-state index contributed by atoms with van der Waals surface area (Å²) in [6, 6.07) is 6.92. The first kappa shape index (κ1) is 21.1. The van der Waals surface area contributed by atoms with Crippen molar-refractivity contribution in [1.29, 1.82) is 0 Å². The van der Waals surface area contributed by atoms with Crippen molar-refractivity contribution < 1.29 is 28.5 Å². The maximum atomic E-state index is 12.4. The van der Waals surface area contributed by atoms with Gasteiger partial charge in [0.2, 0.25) is 0 Å². The molecule has 0 aliphatic heterocycles. The first-order valence-electron chi connectivity index (χ1n) is 8.65. The molecule has 0 spiro atoms. The predicted octanol–water partition coefficient (Wildman–Crippen LogP) is 3.43. The van der Waals surface area contributed by atoms with Gasteiger partial charge in [-0.3, -0.25) is 4.79 Å². The molecule has 1 N–H and O–H groups in total. The van der Waals surface area contributed by atoms with Crippen LogP contribution in [0.15, 0.2) is 24.3 Å². The molecule has 2 rings (SSSR count). The summed E-state index contributed by atoms with van der Waals surface area (Å²) < 4.78 is 20.8. The summed E-state index contributed by atoms with van der Waals surface area (Å²) in [4.78, 5) is 24.7. The van der Waals surface area contributed by atoms with Gasteiger partial charge in [0, 0.05) is 17.8 Å². The molecule has 0 bridgehead atoms. The second-order valence-electron chi connectivity index (χ2n) is 6.31. The van der Waals surface area contributed by atoms with Crippen molar-refractivity contribution in [2.24, 2.45) is 0 Å². The molecular formula is C21H25NO6. The molecule has 0 saturated carbocycles. The van der Waals surface area contributed by atoms with Gasteiger partial charge < -0.3 is 24.3 Å². The first-order chi connectivity index (χ1) is 13.3. The molecule has 0 unspecified atom stereocenters. The molecule has 7 heteroatoms. The third-order valence-electron chi connectivity index (χ3n) is 4.20. The molecule has 0 atom stereocenters. The van der Waals surface area contributed by atoms with Gasteiger partial charge in [0.05, 0.1) is 21.3 Å². The molecule has 28 heavy (non-hydrogen) atoms. The molecule has 0 fully saturated rings. The Balaban J connectivity index is 2.11. The van der Waals surface area contributed by atoms with E-state index in [1.807, 2.05) is 32.9 Å². The van der Waals surface area contributed by atoms with E-state index in [2.05, 4.69) is 5.32 Å². The molecule has 0 radical (unpaired) electrons. The number of hydrogen-bond acceptors (Lipinski definition) is 6. The van der Waals surface area contributed by atoms with Gasteiger partial charge in [-0.05, 0) is 31.9 Å². The SMILES string of the molecule is COc1cc(OC)c(C(=O)OCC(=O)Nc2c(C)cc(C)cc2C)cc1OC. The highest BCUT2D eigenvalue weighted by Crippen LogP contribution is 2.35. The smallest absolute Gasteiger partial charge is 0.342 e. The zero-order valence-corrected chi connectivity index (χ0v) is 17.0. The van der Waals surface area contributed by atoms with Crippen LogP contribution in [-0.4, -0.2) is 39.8 Å². The van der Waals surface area contributed by atoms with Gasteiger partial charge >= 0.3 is 5.97 Å². The lowest BCUT2D eigenvalue weighted by Gasteiger charge is -2.14. The highest BCUT2D eigenvalue weighted by Gasteiger charge is 2.20. The number of hydrogen-bond donors (Lipinski definition) is 1. The number of ether oxygens (including phenoxy) is 4. The van der Waals surface area contributed by atoms with E-state index in [-0.39, 0.29) is 11.3 Å². The first-order valence-corrected chi connectivity index (χ1v) is 8.65. The van der Waals surface area contributed by atoms with Crippen LogP contribution in [0.1, 0.15) is 27.0 Å². The Kier molecular flexibility index (Phi) is 6.87. The summed E-state index contributed by atoms with van der Waals surface area (Å²) in [5.74, 6) is -0.106. The van der Waals surface area contributed by atoms with Gasteiger partial charge in [0.15, 0.2) is 18.1 Å². The Hall–Kier alpha value is -3.22. The summed E-state index contributed by atoms with van der Waals surface area (Å²) in [5, 5.41) is 2.79. The van der Waals surface area contributed by atoms with Crippen LogP contribution in [0.5, 0.6) is 17.2 Å². The van der Waals surface area contributed by atoms with Crippen LogP contribution in [-0.2, 0) is 9.53 Å². The largest absolute Gasteiger partial charge is 0.496 e. The zero-order chi connectivity index (χ0) is 20.8. The van der Waals surface area contributed by atoms with Crippen molar-refractivity contribution in [2.75, 3.05) is 33.3 Å². The van der Waals surface area contributed by atoms with Crippen LogP contribution < -0.4 is 19.5 Å². The van der Waals surface area contributed by atoms with Gasteiger partial charge in [-0.2, -0.15) is 0 Å². The van der Waals surface area contributed by atoms with Crippen LogP contribution in [0.2, 0.25) is 0 Å². The highest BCUT2D eigenvalue weighted by molar-refractivity contribution is 5.98. The zero-order valence-electron chi connectivity index (χ0n) is 17.0. The number of nitrogens with one attached hydrogen (secondary N) is 1. The highest BCUT2D eigenvalue weighted by atomic mass is 16.5. The molecule has 0 aliphatic carbocycles. The van der Waals surface area contributed by atoms with Crippen molar-refractivity contribution in [1.82, 2.24) is 0 Å². The number of carbonyl (C=O) groups is 2. The Labute approximate surface area is 164 Å². The second-order valence-corrected chi connectivity index (χ2v) is 6.31. The lowest BCUT2D eigenvalue weighted by Crippen LogP contribution is -2.22. The van der Waals surface area contributed by atoms with Crippen LogP contribution in [0, 0.1) is 20.8 Å². The summed E-state index contributed by atoms with van der Waals surface area (Å²) >= 11 is 0. The number of rotatable bonds is 7. The van der Waals surface area contributed by atoms with E-state index < -0.39 is 18.5 Å². The maximum absolute atomic E-state index is 12.4. The molecule has 0 heterocycles. The molecule has 2 aromatic carbocycles. The van der Waals surface area contributed by atoms with E-state index in [1.165, 1.54) is 33.5 Å². The minimum Gasteiger partial charge on any atom is -0.496 e. The maximum Gasteiger partial charge on any atom is 0.342 e. The summed E-state index contributed by atoms with van der Waals surface area (Å²) in [5.41, 5.74) is 3.85. The fraction of sp³-hybridized carbons (Fsp3) is 0.333. The van der Waals surface area contributed by atoms with E-state index in [4.69, 9.17) is 18.9 Å². The third kappa shape index (κ3) is 4.73. The van der Waals surface area contributed by atoms with E-state index in [0.717, 1.165) is 22.4 Å². The van der Waals surface area contributed by atoms with Crippen molar-refractivity contribution in [3.8, 4) is 17.2 Å². The standard InChI is InChI=1S/C21H25NO6/c1-12-7-13(2)20(14(3)8-12)22-19(23)11-28-21(24)15-9-17(26-5)18(27-6)10-16(15)25-4/h7-10H,11H2,1-6H3,(H,22,23). The number of esters is 1. The van der Waals surface area contributed by atoms with E-state index in [0.29, 0.717) is 11.5 Å². The topological polar surface area (TPSA) is 83.1 Å². The second kappa shape index (κ2) is 9.12. The van der Waals surface area contributed by atoms with Crippen molar-refractivity contribution >= 4 is 17.6 Å². The van der Waals surface area contributed by atoms with E-state index >= 15 is 0 Å². The lowest BCUT2D eigenvalue weighted by atomic mass is 10.1. The number of benzene rings is 2. The van der Waals surface area contributed by atoms with Gasteiger partial charge in [-0.25, -0.2) is 4.79 Å². The predicted molar refractivity (Wildman–Crippen MR) is 106 cm³/mol. The van der Waals surface area contributed by atoms with Gasteiger partial charge in [0.1, 0.15) is 11.3 Å². The van der Waals surface area contributed by atoms with E-state index in [1.54, 1.807) is 0 Å². The molecule has 0 saturated heterocycles. The summed E-state index contributed by atoms with van der Waals surface area (Å²) in [7, 11) is 4.36. The van der Waals surface area contributed by atoms with Crippen LogP contribution in [0.25, 0.3) is 0 Å². The van der Waals surface area contributed by atoms with Crippen LogP contribution >= 0.6 is 0 Å². The van der Waals surface area contributed by atoms with Crippen molar-refractivity contribution in [3.63, 3.8) is 0 Å². The van der Waals surface area contributed by atoms with Crippen molar-refractivity contribution in [2.45, 2.75) is 20.8 Å². The molecule has 7 nitrogen and oxygen atoms in total. The van der Waals surface area contributed by atoms with Gasteiger partial charge in [-0.1, -0.05) is 17.7 Å².